The minimum atomic E-state index is 0.138. The van der Waals surface area contributed by atoms with Crippen LogP contribution in [0.3, 0.4) is 0 Å². The van der Waals surface area contributed by atoms with Gasteiger partial charge in [0.05, 0.1) is 0 Å². The van der Waals surface area contributed by atoms with Crippen LogP contribution in [0.2, 0.25) is 0 Å². The number of aryl methyl sites for hydroxylation is 1. The molecule has 0 atom stereocenters. The van der Waals surface area contributed by atoms with Crippen LogP contribution >= 0.6 is 0 Å². The zero-order chi connectivity index (χ0) is 20.2. The highest BCUT2D eigenvalue weighted by atomic mass is 16.2. The first-order valence-corrected chi connectivity index (χ1v) is 10.6. The van der Waals surface area contributed by atoms with Crippen LogP contribution < -0.4 is 15.1 Å². The number of piperazine rings is 1. The van der Waals surface area contributed by atoms with Crippen molar-refractivity contribution >= 4 is 29.0 Å². The van der Waals surface area contributed by atoms with Gasteiger partial charge in [0, 0.05) is 69.3 Å². The molecule has 2 fully saturated rings. The second-order valence-corrected chi connectivity index (χ2v) is 7.90. The summed E-state index contributed by atoms with van der Waals surface area (Å²) in [6.07, 6.45) is 3.90. The monoisotopic (exact) mass is 394 g/mol. The lowest BCUT2D eigenvalue weighted by molar-refractivity contribution is -0.129. The molecule has 1 N–H and O–H groups in total. The van der Waals surface area contributed by atoms with Crippen LogP contribution in [-0.2, 0) is 4.79 Å². The Balaban J connectivity index is 1.43. The van der Waals surface area contributed by atoms with Crippen LogP contribution in [0, 0.1) is 6.92 Å². The first-order valence-electron chi connectivity index (χ1n) is 10.6. The lowest BCUT2D eigenvalue weighted by atomic mass is 10.1. The Bertz CT molecular complexity index is 839. The summed E-state index contributed by atoms with van der Waals surface area (Å²) >= 11 is 0. The van der Waals surface area contributed by atoms with Crippen LogP contribution in [0.25, 0.3) is 0 Å². The van der Waals surface area contributed by atoms with Gasteiger partial charge in [0.1, 0.15) is 5.82 Å². The number of carbonyl (C=O) groups is 1. The maximum atomic E-state index is 11.5. The lowest BCUT2D eigenvalue weighted by Gasteiger charge is -2.35. The fraction of sp³-hybridized carbons (Fsp3) is 0.500. The summed E-state index contributed by atoms with van der Waals surface area (Å²) in [7, 11) is 0. The Hall–Kier alpha value is -2.83. The van der Waals surface area contributed by atoms with E-state index in [0.29, 0.717) is 5.95 Å². The molecule has 2 aromatic rings. The highest BCUT2D eigenvalue weighted by Crippen LogP contribution is 2.24. The Kier molecular flexibility index (Phi) is 5.83. The van der Waals surface area contributed by atoms with E-state index in [1.54, 1.807) is 6.92 Å². The average Bonchev–Trinajstić information content (AvgIpc) is 2.74. The first kappa shape index (κ1) is 19.5. The van der Waals surface area contributed by atoms with E-state index in [1.165, 1.54) is 24.9 Å². The normalized spacial score (nSPS) is 17.4. The van der Waals surface area contributed by atoms with Crippen molar-refractivity contribution in [3.8, 4) is 0 Å². The molecule has 2 saturated heterocycles. The summed E-state index contributed by atoms with van der Waals surface area (Å²) in [5.74, 6) is 1.66. The summed E-state index contributed by atoms with van der Waals surface area (Å²) in [6.45, 7) is 8.96. The smallest absolute Gasteiger partial charge is 0.229 e. The Morgan fingerprint density at radius 2 is 1.59 bits per heavy atom. The fourth-order valence-electron chi connectivity index (χ4n) is 4.06. The number of hydrogen-bond donors (Lipinski definition) is 1. The van der Waals surface area contributed by atoms with E-state index in [1.807, 2.05) is 17.9 Å². The van der Waals surface area contributed by atoms with E-state index in [0.717, 1.165) is 56.5 Å². The molecule has 0 radical (unpaired) electrons. The van der Waals surface area contributed by atoms with Crippen molar-refractivity contribution in [2.24, 2.45) is 0 Å². The molecule has 4 rings (SSSR count). The van der Waals surface area contributed by atoms with Crippen molar-refractivity contribution in [2.45, 2.75) is 33.1 Å². The molecule has 1 aromatic carbocycles. The van der Waals surface area contributed by atoms with Crippen molar-refractivity contribution in [1.29, 1.82) is 0 Å². The molecule has 0 saturated carbocycles. The minimum absolute atomic E-state index is 0.138. The predicted octanol–water partition coefficient (Wildman–Crippen LogP) is 3.19. The van der Waals surface area contributed by atoms with Crippen molar-refractivity contribution in [2.75, 3.05) is 54.4 Å². The molecule has 2 aliphatic heterocycles. The molecule has 2 aliphatic rings. The van der Waals surface area contributed by atoms with E-state index in [9.17, 15) is 4.79 Å². The SMILES string of the molecule is CC(=O)N1CCN(c2cc(C)nc(Nc3ccc(N4CCCCC4)cc3)n2)CC1. The molecule has 29 heavy (non-hydrogen) atoms. The number of hydrogen-bond acceptors (Lipinski definition) is 6. The molecule has 0 spiro atoms. The van der Waals surface area contributed by atoms with Crippen molar-refractivity contribution in [3.63, 3.8) is 0 Å². The highest BCUT2D eigenvalue weighted by molar-refractivity contribution is 5.73. The minimum Gasteiger partial charge on any atom is -0.372 e. The van der Waals surface area contributed by atoms with E-state index in [4.69, 9.17) is 4.98 Å². The molecular formula is C22H30N6O. The van der Waals surface area contributed by atoms with Crippen LogP contribution in [-0.4, -0.2) is 60.0 Å². The van der Waals surface area contributed by atoms with Gasteiger partial charge >= 0.3 is 0 Å². The second kappa shape index (κ2) is 8.68. The molecule has 154 valence electrons. The van der Waals surface area contributed by atoms with Crippen molar-refractivity contribution < 1.29 is 4.79 Å². The molecule has 0 unspecified atom stereocenters. The third kappa shape index (κ3) is 4.78. The van der Waals surface area contributed by atoms with E-state index in [2.05, 4.69) is 44.4 Å². The number of carbonyl (C=O) groups excluding carboxylic acids is 1. The molecule has 0 aliphatic carbocycles. The summed E-state index contributed by atoms with van der Waals surface area (Å²) in [4.78, 5) is 27.4. The molecule has 7 heteroatoms. The van der Waals surface area contributed by atoms with Gasteiger partial charge in [-0.05, 0) is 50.5 Å². The number of rotatable bonds is 4. The number of aromatic nitrogens is 2. The first-order chi connectivity index (χ1) is 14.1. The van der Waals surface area contributed by atoms with Crippen LogP contribution in [0.1, 0.15) is 31.9 Å². The summed E-state index contributed by atoms with van der Waals surface area (Å²) in [6, 6.07) is 10.5. The van der Waals surface area contributed by atoms with Gasteiger partial charge < -0.3 is 20.0 Å². The number of benzene rings is 1. The molecule has 1 aromatic heterocycles. The van der Waals surface area contributed by atoms with Gasteiger partial charge in [-0.1, -0.05) is 0 Å². The van der Waals surface area contributed by atoms with Crippen LogP contribution in [0.5, 0.6) is 0 Å². The van der Waals surface area contributed by atoms with E-state index < -0.39 is 0 Å². The second-order valence-electron chi connectivity index (χ2n) is 7.90. The quantitative estimate of drug-likeness (QED) is 0.859. The number of anilines is 4. The van der Waals surface area contributed by atoms with Gasteiger partial charge in [-0.25, -0.2) is 4.98 Å². The fourth-order valence-corrected chi connectivity index (χ4v) is 4.06. The Labute approximate surface area is 172 Å². The number of nitrogens with one attached hydrogen (secondary N) is 1. The molecule has 3 heterocycles. The Morgan fingerprint density at radius 1 is 0.897 bits per heavy atom. The zero-order valence-corrected chi connectivity index (χ0v) is 17.4. The molecule has 7 nitrogen and oxygen atoms in total. The average molecular weight is 395 g/mol. The van der Waals surface area contributed by atoms with Gasteiger partial charge in [0.2, 0.25) is 11.9 Å². The van der Waals surface area contributed by atoms with E-state index in [-0.39, 0.29) is 5.91 Å². The van der Waals surface area contributed by atoms with Crippen LogP contribution in [0.4, 0.5) is 23.1 Å². The van der Waals surface area contributed by atoms with Gasteiger partial charge in [0.25, 0.3) is 0 Å². The third-order valence-electron chi connectivity index (χ3n) is 5.73. The summed E-state index contributed by atoms with van der Waals surface area (Å²) < 4.78 is 0. The van der Waals surface area contributed by atoms with Gasteiger partial charge in [-0.2, -0.15) is 4.98 Å². The third-order valence-corrected chi connectivity index (χ3v) is 5.73. The maximum absolute atomic E-state index is 11.5. The zero-order valence-electron chi connectivity index (χ0n) is 17.4. The predicted molar refractivity (Wildman–Crippen MR) is 117 cm³/mol. The largest absolute Gasteiger partial charge is 0.372 e. The summed E-state index contributed by atoms with van der Waals surface area (Å²) in [5, 5.41) is 3.35. The number of piperidine rings is 1. The molecular weight excluding hydrogens is 364 g/mol. The van der Waals surface area contributed by atoms with Gasteiger partial charge in [0.15, 0.2) is 0 Å². The van der Waals surface area contributed by atoms with Crippen molar-refractivity contribution in [1.82, 2.24) is 14.9 Å². The maximum Gasteiger partial charge on any atom is 0.229 e. The highest BCUT2D eigenvalue weighted by Gasteiger charge is 2.20. The van der Waals surface area contributed by atoms with Crippen LogP contribution in [0.15, 0.2) is 30.3 Å². The van der Waals surface area contributed by atoms with Gasteiger partial charge in [-0.3, -0.25) is 4.79 Å². The van der Waals surface area contributed by atoms with Gasteiger partial charge in [-0.15, -0.1) is 0 Å². The lowest BCUT2D eigenvalue weighted by Crippen LogP contribution is -2.48. The molecule has 0 bridgehead atoms. The Morgan fingerprint density at radius 3 is 2.24 bits per heavy atom. The topological polar surface area (TPSA) is 64.6 Å². The van der Waals surface area contributed by atoms with E-state index >= 15 is 0 Å². The number of amides is 1. The summed E-state index contributed by atoms with van der Waals surface area (Å²) in [5.41, 5.74) is 3.20. The number of nitrogens with zero attached hydrogens (tertiary/aromatic N) is 5. The standard InChI is InChI=1S/C22H30N6O/c1-17-16-21(28-14-12-26(13-15-28)18(2)29)25-22(23-17)24-19-6-8-20(9-7-19)27-10-4-3-5-11-27/h6-9,16H,3-5,10-15H2,1-2H3,(H,23,24,25). The van der Waals surface area contributed by atoms with Crippen molar-refractivity contribution in [3.05, 3.63) is 36.0 Å². The molecule has 1 amide bonds.